The summed E-state index contributed by atoms with van der Waals surface area (Å²) in [4.78, 5) is 10.3. The molecule has 0 spiro atoms. The maximum atomic E-state index is 10.3. The molecule has 0 atom stereocenters. The zero-order chi connectivity index (χ0) is 7.11. The fourth-order valence-corrected chi connectivity index (χ4v) is 0.473. The van der Waals surface area contributed by atoms with Gasteiger partial charge < -0.3 is 10.5 Å². The second kappa shape index (κ2) is 5.56. The number of ether oxygens (including phenoxy) is 1. The van der Waals surface area contributed by atoms with Gasteiger partial charge in [0, 0.05) is 6.42 Å². The third kappa shape index (κ3) is 5.30. The number of carbonyl (C=O) groups is 1. The zero-order valence-electron chi connectivity index (χ0n) is 5.30. The van der Waals surface area contributed by atoms with Gasteiger partial charge in [-0.2, -0.15) is 0 Å². The molecule has 52 valence electrons. The van der Waals surface area contributed by atoms with Gasteiger partial charge in [0.05, 0.1) is 0 Å². The van der Waals surface area contributed by atoms with Crippen LogP contribution in [0.1, 0.15) is 19.3 Å². The maximum absolute atomic E-state index is 10.3. The molecule has 0 unspecified atom stereocenters. The van der Waals surface area contributed by atoms with Crippen molar-refractivity contribution in [2.75, 3.05) is 6.54 Å². The summed E-state index contributed by atoms with van der Waals surface area (Å²) in [7, 11) is 4.57. The Balaban J connectivity index is 2.97. The summed E-state index contributed by atoms with van der Waals surface area (Å²) < 4.78 is 3.92. The van der Waals surface area contributed by atoms with E-state index in [4.69, 9.17) is 5.73 Å². The Morgan fingerprint density at radius 2 is 2.22 bits per heavy atom. The van der Waals surface area contributed by atoms with Crippen LogP contribution in [0.25, 0.3) is 0 Å². The van der Waals surface area contributed by atoms with Gasteiger partial charge in [-0.3, -0.25) is 4.79 Å². The molecule has 3 nitrogen and oxygen atoms in total. The lowest BCUT2D eigenvalue weighted by Gasteiger charge is -1.94. The van der Waals surface area contributed by atoms with Crippen molar-refractivity contribution < 1.29 is 9.53 Å². The van der Waals surface area contributed by atoms with E-state index in [0.717, 1.165) is 12.8 Å². The normalized spacial score (nSPS) is 9.11. The fourth-order valence-electron chi connectivity index (χ4n) is 0.473. The van der Waals surface area contributed by atoms with E-state index >= 15 is 0 Å². The highest BCUT2D eigenvalue weighted by atomic mass is 16.5. The van der Waals surface area contributed by atoms with Gasteiger partial charge in [0.25, 0.3) is 0 Å². The van der Waals surface area contributed by atoms with Gasteiger partial charge in [-0.05, 0) is 19.4 Å². The molecule has 0 aromatic heterocycles. The first-order valence-corrected chi connectivity index (χ1v) is 2.91. The second-order valence-corrected chi connectivity index (χ2v) is 1.74. The van der Waals surface area contributed by atoms with Crippen molar-refractivity contribution in [1.29, 1.82) is 0 Å². The molecule has 0 aliphatic rings. The van der Waals surface area contributed by atoms with Crippen molar-refractivity contribution in [2.45, 2.75) is 19.3 Å². The van der Waals surface area contributed by atoms with Gasteiger partial charge in [-0.15, -0.1) is 0 Å². The molecule has 3 heteroatoms. The lowest BCUT2D eigenvalue weighted by molar-refractivity contribution is -0.138. The summed E-state index contributed by atoms with van der Waals surface area (Å²) >= 11 is 0. The van der Waals surface area contributed by atoms with Crippen molar-refractivity contribution in [1.82, 2.24) is 0 Å². The van der Waals surface area contributed by atoms with Crippen LogP contribution in [-0.4, -0.2) is 12.5 Å². The monoisotopic (exact) mass is 129 g/mol. The first-order valence-electron chi connectivity index (χ1n) is 2.91. The summed E-state index contributed by atoms with van der Waals surface area (Å²) in [6, 6.07) is 0. The number of hydrogen-bond acceptors (Lipinski definition) is 3. The summed E-state index contributed by atoms with van der Waals surface area (Å²) in [5, 5.41) is 0. The van der Waals surface area contributed by atoms with E-state index < -0.39 is 0 Å². The number of carbonyl (C=O) groups excluding carboxylic acids is 1. The summed E-state index contributed by atoms with van der Waals surface area (Å²) in [5.41, 5.74) is 5.17. The van der Waals surface area contributed by atoms with Gasteiger partial charge in [-0.25, -0.2) is 0 Å². The molecule has 0 fully saturated rings. The van der Waals surface area contributed by atoms with Crippen LogP contribution in [0.4, 0.5) is 0 Å². The predicted molar refractivity (Wildman–Crippen MR) is 33.3 cm³/mol. The minimum Gasteiger partial charge on any atom is -0.454 e. The molecule has 0 rings (SSSR count). The predicted octanol–water partition coefficient (Wildman–Crippen LogP) is 0.327. The minimum absolute atomic E-state index is 0.369. The molecule has 0 saturated heterocycles. The third-order valence-electron chi connectivity index (χ3n) is 0.966. The third-order valence-corrected chi connectivity index (χ3v) is 0.966. The fraction of sp³-hybridized carbons (Fsp3) is 0.667. The second-order valence-electron chi connectivity index (χ2n) is 1.74. The molecular formula is C6H11NO2. The van der Waals surface area contributed by atoms with Crippen molar-refractivity contribution in [3.63, 3.8) is 0 Å². The van der Waals surface area contributed by atoms with E-state index in [0.29, 0.717) is 13.0 Å². The average molecular weight is 129 g/mol. The van der Waals surface area contributed by atoms with E-state index in [9.17, 15) is 4.79 Å². The minimum atomic E-state index is -0.372. The van der Waals surface area contributed by atoms with Crippen LogP contribution in [-0.2, 0) is 9.53 Å². The van der Waals surface area contributed by atoms with Crippen LogP contribution in [0, 0.1) is 7.11 Å². The lowest BCUT2D eigenvalue weighted by atomic mass is 10.2. The molecule has 0 amide bonds. The molecule has 0 aromatic rings. The van der Waals surface area contributed by atoms with E-state index in [1.807, 2.05) is 0 Å². The van der Waals surface area contributed by atoms with Crippen LogP contribution < -0.4 is 5.73 Å². The Hall–Kier alpha value is -0.570. The van der Waals surface area contributed by atoms with E-state index in [1.165, 1.54) is 0 Å². The van der Waals surface area contributed by atoms with Crippen molar-refractivity contribution in [3.05, 3.63) is 7.11 Å². The van der Waals surface area contributed by atoms with E-state index in [-0.39, 0.29) is 5.97 Å². The highest BCUT2D eigenvalue weighted by Crippen LogP contribution is 1.94. The number of nitrogens with two attached hydrogens (primary N) is 1. The SMILES string of the molecule is [CH]OC(=O)CCCCN. The maximum Gasteiger partial charge on any atom is 0.306 e. The standard InChI is InChI=1S/C6H11NO2/c1-9-6(8)4-2-3-5-7/h1H,2-5,7H2. The average Bonchev–Trinajstić information content (AvgIpc) is 1.89. The highest BCUT2D eigenvalue weighted by molar-refractivity contribution is 5.69. The Morgan fingerprint density at radius 3 is 2.67 bits per heavy atom. The molecular weight excluding hydrogens is 118 g/mol. The first kappa shape index (κ1) is 8.43. The summed E-state index contributed by atoms with van der Waals surface area (Å²) in [6.07, 6.45) is 1.97. The summed E-state index contributed by atoms with van der Waals surface area (Å²) in [6.45, 7) is 0.609. The largest absolute Gasteiger partial charge is 0.454 e. The van der Waals surface area contributed by atoms with Crippen LogP contribution >= 0.6 is 0 Å². The number of hydrogen-bond donors (Lipinski definition) is 1. The highest BCUT2D eigenvalue weighted by Gasteiger charge is 1.97. The van der Waals surface area contributed by atoms with E-state index in [1.54, 1.807) is 0 Å². The van der Waals surface area contributed by atoms with Crippen LogP contribution in [0.5, 0.6) is 0 Å². The topological polar surface area (TPSA) is 52.3 Å². The molecule has 0 bridgehead atoms. The molecule has 0 aromatic carbocycles. The molecule has 0 aliphatic carbocycles. The van der Waals surface area contributed by atoms with Crippen molar-refractivity contribution >= 4 is 5.97 Å². The number of esters is 1. The van der Waals surface area contributed by atoms with Crippen molar-refractivity contribution in [3.8, 4) is 0 Å². The molecule has 0 saturated carbocycles. The van der Waals surface area contributed by atoms with Gasteiger partial charge in [0.1, 0.15) is 0 Å². The van der Waals surface area contributed by atoms with Crippen LogP contribution in [0.15, 0.2) is 0 Å². The Morgan fingerprint density at radius 1 is 1.56 bits per heavy atom. The Kier molecular flexibility index (Phi) is 5.21. The zero-order valence-corrected chi connectivity index (χ0v) is 5.30. The van der Waals surface area contributed by atoms with Crippen LogP contribution in [0.3, 0.4) is 0 Å². The van der Waals surface area contributed by atoms with Gasteiger partial charge >= 0.3 is 5.97 Å². The van der Waals surface area contributed by atoms with Gasteiger partial charge in [-0.1, -0.05) is 0 Å². The lowest BCUT2D eigenvalue weighted by Crippen LogP contribution is -2.02. The van der Waals surface area contributed by atoms with Gasteiger partial charge in [0.15, 0.2) is 7.11 Å². The molecule has 9 heavy (non-hydrogen) atoms. The van der Waals surface area contributed by atoms with Gasteiger partial charge in [0.2, 0.25) is 0 Å². The number of unbranched alkanes of at least 4 members (excludes halogenated alkanes) is 1. The molecule has 2 N–H and O–H groups in total. The Labute approximate surface area is 55.2 Å². The van der Waals surface area contributed by atoms with E-state index in [2.05, 4.69) is 11.8 Å². The first-order chi connectivity index (χ1) is 4.31. The van der Waals surface area contributed by atoms with Crippen molar-refractivity contribution in [2.24, 2.45) is 5.73 Å². The van der Waals surface area contributed by atoms with Crippen LogP contribution in [0.2, 0.25) is 0 Å². The quantitative estimate of drug-likeness (QED) is 0.439. The summed E-state index contributed by atoms with van der Waals surface area (Å²) in [5.74, 6) is -0.372. The molecule has 0 heterocycles. The molecule has 0 aliphatic heterocycles. The molecule has 2 radical (unpaired) electrons. The number of rotatable bonds is 4. The smallest absolute Gasteiger partial charge is 0.306 e. The Bertz CT molecular complexity index is 83.1.